The zero-order chi connectivity index (χ0) is 18.1. The van der Waals surface area contributed by atoms with Gasteiger partial charge < -0.3 is 10.2 Å². The molecule has 1 aliphatic rings. The summed E-state index contributed by atoms with van der Waals surface area (Å²) < 4.78 is 0. The molecule has 0 atom stereocenters. The van der Waals surface area contributed by atoms with Gasteiger partial charge in [-0.25, -0.2) is 9.97 Å². The molecule has 1 aromatic heterocycles. The summed E-state index contributed by atoms with van der Waals surface area (Å²) >= 11 is 0. The zero-order valence-electron chi connectivity index (χ0n) is 15.1. The molecule has 2 aromatic carbocycles. The van der Waals surface area contributed by atoms with Crippen molar-refractivity contribution in [2.75, 3.05) is 23.3 Å². The Morgan fingerprint density at radius 2 is 1.65 bits per heavy atom. The number of benzene rings is 2. The number of nitrogens with zero attached hydrogens (tertiary/aromatic N) is 3. The number of carbonyl (C=O) groups is 1. The average molecular weight is 346 g/mol. The van der Waals surface area contributed by atoms with Crippen LogP contribution in [0.25, 0.3) is 11.0 Å². The lowest BCUT2D eigenvalue weighted by molar-refractivity contribution is 0.102. The summed E-state index contributed by atoms with van der Waals surface area (Å²) in [7, 11) is 0. The highest BCUT2D eigenvalue weighted by Gasteiger charge is 2.23. The van der Waals surface area contributed by atoms with Crippen LogP contribution in [0.3, 0.4) is 0 Å². The molecule has 0 saturated carbocycles. The second kappa shape index (κ2) is 6.75. The van der Waals surface area contributed by atoms with Gasteiger partial charge in [-0.1, -0.05) is 18.2 Å². The molecule has 5 heteroatoms. The Morgan fingerprint density at radius 3 is 2.35 bits per heavy atom. The van der Waals surface area contributed by atoms with E-state index in [1.807, 2.05) is 49.4 Å². The van der Waals surface area contributed by atoms with E-state index in [-0.39, 0.29) is 5.91 Å². The fourth-order valence-corrected chi connectivity index (χ4v) is 3.30. The molecule has 26 heavy (non-hydrogen) atoms. The Hall–Kier alpha value is -2.95. The molecule has 1 aliphatic heterocycles. The van der Waals surface area contributed by atoms with Crippen molar-refractivity contribution in [3.05, 3.63) is 59.3 Å². The SMILES string of the molecule is Cc1ccc(NC(=O)c2nc3ccccc3nc2N2CCCC2)cc1C. The number of aromatic nitrogens is 2. The van der Waals surface area contributed by atoms with E-state index in [0.29, 0.717) is 11.5 Å². The maximum Gasteiger partial charge on any atom is 0.278 e. The third-order valence-electron chi connectivity index (χ3n) is 4.94. The highest BCUT2D eigenvalue weighted by Crippen LogP contribution is 2.25. The molecule has 0 bridgehead atoms. The summed E-state index contributed by atoms with van der Waals surface area (Å²) in [6.45, 7) is 5.92. The summed E-state index contributed by atoms with van der Waals surface area (Å²) in [6, 6.07) is 13.6. The smallest absolute Gasteiger partial charge is 0.278 e. The standard InChI is InChI=1S/C21H22N4O/c1-14-9-10-16(13-15(14)2)22-21(26)19-20(25-11-5-6-12-25)24-18-8-4-3-7-17(18)23-19/h3-4,7-10,13H,5-6,11-12H2,1-2H3,(H,22,26). The second-order valence-electron chi connectivity index (χ2n) is 6.83. The Balaban J connectivity index is 1.74. The highest BCUT2D eigenvalue weighted by atomic mass is 16.1. The lowest BCUT2D eigenvalue weighted by Gasteiger charge is -2.19. The van der Waals surface area contributed by atoms with Gasteiger partial charge in [0.2, 0.25) is 0 Å². The van der Waals surface area contributed by atoms with Gasteiger partial charge in [-0.05, 0) is 62.1 Å². The van der Waals surface area contributed by atoms with Gasteiger partial charge in [0.15, 0.2) is 11.5 Å². The van der Waals surface area contributed by atoms with Crippen molar-refractivity contribution in [3.63, 3.8) is 0 Å². The van der Waals surface area contributed by atoms with Crippen LogP contribution in [-0.2, 0) is 0 Å². The van der Waals surface area contributed by atoms with Gasteiger partial charge in [0.25, 0.3) is 5.91 Å². The van der Waals surface area contributed by atoms with E-state index in [1.165, 1.54) is 5.56 Å². The zero-order valence-corrected chi connectivity index (χ0v) is 15.1. The third kappa shape index (κ3) is 3.12. The molecule has 1 N–H and O–H groups in total. The number of para-hydroxylation sites is 2. The molecule has 3 aromatic rings. The van der Waals surface area contributed by atoms with Gasteiger partial charge >= 0.3 is 0 Å². The molecule has 2 heterocycles. The number of nitrogens with one attached hydrogen (secondary N) is 1. The van der Waals surface area contributed by atoms with Crippen LogP contribution in [0.5, 0.6) is 0 Å². The van der Waals surface area contributed by atoms with Crippen molar-refractivity contribution in [3.8, 4) is 0 Å². The van der Waals surface area contributed by atoms with Gasteiger partial charge in [-0.2, -0.15) is 0 Å². The number of fused-ring (bicyclic) bond motifs is 1. The fraction of sp³-hybridized carbons (Fsp3) is 0.286. The van der Waals surface area contributed by atoms with Gasteiger partial charge in [0.1, 0.15) is 0 Å². The van der Waals surface area contributed by atoms with Crippen LogP contribution >= 0.6 is 0 Å². The molecule has 132 valence electrons. The first kappa shape index (κ1) is 16.5. The summed E-state index contributed by atoms with van der Waals surface area (Å²) in [5.41, 5.74) is 5.07. The minimum Gasteiger partial charge on any atom is -0.355 e. The van der Waals surface area contributed by atoms with Crippen LogP contribution in [0.4, 0.5) is 11.5 Å². The maximum atomic E-state index is 13.0. The van der Waals surface area contributed by atoms with Crippen molar-refractivity contribution >= 4 is 28.4 Å². The van der Waals surface area contributed by atoms with Crippen LogP contribution < -0.4 is 10.2 Å². The van der Waals surface area contributed by atoms with E-state index in [4.69, 9.17) is 4.98 Å². The molecule has 0 spiro atoms. The summed E-state index contributed by atoms with van der Waals surface area (Å²) in [5, 5.41) is 2.99. The summed E-state index contributed by atoms with van der Waals surface area (Å²) in [5.74, 6) is 0.468. The number of rotatable bonds is 3. The number of hydrogen-bond donors (Lipinski definition) is 1. The predicted octanol–water partition coefficient (Wildman–Crippen LogP) is 4.10. The number of aryl methyl sites for hydroxylation is 2. The van der Waals surface area contributed by atoms with Crippen molar-refractivity contribution in [2.24, 2.45) is 0 Å². The Labute approximate surface area is 153 Å². The maximum absolute atomic E-state index is 13.0. The lowest BCUT2D eigenvalue weighted by atomic mass is 10.1. The van der Waals surface area contributed by atoms with Crippen LogP contribution in [-0.4, -0.2) is 29.0 Å². The lowest BCUT2D eigenvalue weighted by Crippen LogP contribution is -2.25. The largest absolute Gasteiger partial charge is 0.355 e. The van der Waals surface area contributed by atoms with E-state index >= 15 is 0 Å². The number of amides is 1. The molecule has 1 amide bonds. The number of carbonyl (C=O) groups excluding carboxylic acids is 1. The second-order valence-corrected chi connectivity index (χ2v) is 6.83. The van der Waals surface area contributed by atoms with E-state index < -0.39 is 0 Å². The minimum absolute atomic E-state index is 0.214. The number of anilines is 2. The van der Waals surface area contributed by atoms with Crippen LogP contribution in [0.1, 0.15) is 34.5 Å². The molecular formula is C21H22N4O. The fourth-order valence-electron chi connectivity index (χ4n) is 3.30. The Kier molecular flexibility index (Phi) is 4.29. The van der Waals surface area contributed by atoms with E-state index in [1.54, 1.807) is 0 Å². The first-order valence-corrected chi connectivity index (χ1v) is 9.02. The van der Waals surface area contributed by atoms with Gasteiger partial charge in [0.05, 0.1) is 11.0 Å². The van der Waals surface area contributed by atoms with Gasteiger partial charge in [-0.3, -0.25) is 4.79 Å². The minimum atomic E-state index is -0.214. The first-order valence-electron chi connectivity index (χ1n) is 9.02. The van der Waals surface area contributed by atoms with Crippen molar-refractivity contribution < 1.29 is 4.79 Å². The molecule has 0 aliphatic carbocycles. The highest BCUT2D eigenvalue weighted by molar-refractivity contribution is 6.07. The van der Waals surface area contributed by atoms with Crippen LogP contribution in [0.15, 0.2) is 42.5 Å². The Bertz CT molecular complexity index is 977. The molecule has 4 rings (SSSR count). The van der Waals surface area contributed by atoms with Crippen LogP contribution in [0.2, 0.25) is 0 Å². The van der Waals surface area contributed by atoms with E-state index in [0.717, 1.165) is 48.2 Å². The molecule has 5 nitrogen and oxygen atoms in total. The molecular weight excluding hydrogens is 324 g/mol. The summed E-state index contributed by atoms with van der Waals surface area (Å²) in [4.78, 5) is 24.5. The third-order valence-corrected chi connectivity index (χ3v) is 4.94. The molecule has 1 saturated heterocycles. The van der Waals surface area contributed by atoms with Crippen molar-refractivity contribution in [2.45, 2.75) is 26.7 Å². The quantitative estimate of drug-likeness (QED) is 0.776. The van der Waals surface area contributed by atoms with Gasteiger partial charge in [0, 0.05) is 18.8 Å². The predicted molar refractivity (Wildman–Crippen MR) is 105 cm³/mol. The Morgan fingerprint density at radius 1 is 0.962 bits per heavy atom. The normalized spacial score (nSPS) is 14.0. The molecule has 0 radical (unpaired) electrons. The van der Waals surface area contributed by atoms with E-state index in [9.17, 15) is 4.79 Å². The van der Waals surface area contributed by atoms with Crippen LogP contribution in [0, 0.1) is 13.8 Å². The summed E-state index contributed by atoms with van der Waals surface area (Å²) in [6.07, 6.45) is 2.24. The average Bonchev–Trinajstić information content (AvgIpc) is 3.18. The van der Waals surface area contributed by atoms with E-state index in [2.05, 4.69) is 22.1 Å². The monoisotopic (exact) mass is 346 g/mol. The van der Waals surface area contributed by atoms with Gasteiger partial charge in [-0.15, -0.1) is 0 Å². The molecule has 0 unspecified atom stereocenters. The van der Waals surface area contributed by atoms with Crippen molar-refractivity contribution in [1.82, 2.24) is 9.97 Å². The number of hydrogen-bond acceptors (Lipinski definition) is 4. The van der Waals surface area contributed by atoms with Crippen molar-refractivity contribution in [1.29, 1.82) is 0 Å². The topological polar surface area (TPSA) is 58.1 Å². The molecule has 1 fully saturated rings. The first-order chi connectivity index (χ1) is 12.6.